The number of halogens is 1. The van der Waals surface area contributed by atoms with E-state index in [-0.39, 0.29) is 5.91 Å². The molecular formula is C13H16ClNO3. The van der Waals surface area contributed by atoms with Crippen molar-refractivity contribution in [3.05, 3.63) is 29.3 Å². The fourth-order valence-corrected chi connectivity index (χ4v) is 2.02. The van der Waals surface area contributed by atoms with Crippen molar-refractivity contribution >= 4 is 17.5 Å². The first-order valence-electron chi connectivity index (χ1n) is 5.95. The van der Waals surface area contributed by atoms with Crippen molar-refractivity contribution < 1.29 is 14.3 Å². The van der Waals surface area contributed by atoms with Crippen molar-refractivity contribution in [2.75, 3.05) is 26.3 Å². The number of morpholine rings is 1. The summed E-state index contributed by atoms with van der Waals surface area (Å²) < 4.78 is 10.8. The number of benzene rings is 1. The fourth-order valence-electron chi connectivity index (χ4n) is 1.84. The maximum absolute atomic E-state index is 12.1. The van der Waals surface area contributed by atoms with Gasteiger partial charge in [-0.3, -0.25) is 4.79 Å². The molecule has 98 valence electrons. The number of amides is 1. The van der Waals surface area contributed by atoms with E-state index in [0.29, 0.717) is 37.1 Å². The predicted octanol–water partition coefficient (Wildman–Crippen LogP) is 1.97. The minimum Gasteiger partial charge on any atom is -0.481 e. The topological polar surface area (TPSA) is 38.8 Å². The van der Waals surface area contributed by atoms with Gasteiger partial charge in [0.2, 0.25) is 0 Å². The summed E-state index contributed by atoms with van der Waals surface area (Å²) in [6, 6.07) is 7.05. The standard InChI is InChI=1S/C13H16ClNO3/c1-10(13(16)15-5-7-17-8-6-15)18-12-4-2-3-11(14)9-12/h2-4,9-10H,5-8H2,1H3/t10-/m1/s1. The third kappa shape index (κ3) is 3.37. The Kier molecular flexibility index (Phi) is 4.44. The maximum Gasteiger partial charge on any atom is 0.263 e. The van der Waals surface area contributed by atoms with Crippen molar-refractivity contribution in [2.45, 2.75) is 13.0 Å². The number of carbonyl (C=O) groups is 1. The van der Waals surface area contributed by atoms with Crippen molar-refractivity contribution in [1.82, 2.24) is 4.90 Å². The van der Waals surface area contributed by atoms with E-state index in [1.54, 1.807) is 36.1 Å². The molecule has 0 aliphatic carbocycles. The van der Waals surface area contributed by atoms with Crippen LogP contribution in [0.1, 0.15) is 6.92 Å². The number of hydrogen-bond donors (Lipinski definition) is 0. The Labute approximate surface area is 111 Å². The van der Waals surface area contributed by atoms with Gasteiger partial charge in [0.1, 0.15) is 5.75 Å². The zero-order valence-corrected chi connectivity index (χ0v) is 11.0. The van der Waals surface area contributed by atoms with E-state index in [1.807, 2.05) is 0 Å². The van der Waals surface area contributed by atoms with Crippen molar-refractivity contribution in [1.29, 1.82) is 0 Å². The Hall–Kier alpha value is -1.26. The van der Waals surface area contributed by atoms with Crippen molar-refractivity contribution in [3.63, 3.8) is 0 Å². The van der Waals surface area contributed by atoms with E-state index in [0.717, 1.165) is 0 Å². The molecule has 1 amide bonds. The Balaban J connectivity index is 1.94. The predicted molar refractivity (Wildman–Crippen MR) is 68.9 cm³/mol. The van der Waals surface area contributed by atoms with Gasteiger partial charge in [0.05, 0.1) is 13.2 Å². The number of hydrogen-bond acceptors (Lipinski definition) is 3. The monoisotopic (exact) mass is 269 g/mol. The molecule has 1 aromatic rings. The van der Waals surface area contributed by atoms with E-state index in [1.165, 1.54) is 0 Å². The van der Waals surface area contributed by atoms with Crippen LogP contribution in [0, 0.1) is 0 Å². The molecule has 1 fully saturated rings. The van der Waals surface area contributed by atoms with Crippen LogP contribution in [0.4, 0.5) is 0 Å². The molecule has 5 heteroatoms. The first-order chi connectivity index (χ1) is 8.66. The van der Waals surface area contributed by atoms with E-state index in [9.17, 15) is 4.79 Å². The Morgan fingerprint density at radius 2 is 2.17 bits per heavy atom. The first kappa shape index (κ1) is 13.2. The number of rotatable bonds is 3. The fraction of sp³-hybridized carbons (Fsp3) is 0.462. The van der Waals surface area contributed by atoms with Gasteiger partial charge in [-0.15, -0.1) is 0 Å². The van der Waals surface area contributed by atoms with E-state index >= 15 is 0 Å². The van der Waals surface area contributed by atoms with Gasteiger partial charge in [0.25, 0.3) is 5.91 Å². The van der Waals surface area contributed by atoms with E-state index in [2.05, 4.69) is 0 Å². The summed E-state index contributed by atoms with van der Waals surface area (Å²) in [5, 5.41) is 0.596. The molecule has 1 heterocycles. The van der Waals surface area contributed by atoms with Crippen LogP contribution in [0.2, 0.25) is 5.02 Å². The van der Waals surface area contributed by atoms with E-state index in [4.69, 9.17) is 21.1 Å². The molecule has 1 saturated heterocycles. The van der Waals surface area contributed by atoms with Crippen molar-refractivity contribution in [2.24, 2.45) is 0 Å². The van der Waals surface area contributed by atoms with Crippen LogP contribution in [0.25, 0.3) is 0 Å². The van der Waals surface area contributed by atoms with Crippen LogP contribution in [0.5, 0.6) is 5.75 Å². The lowest BCUT2D eigenvalue weighted by molar-refractivity contribution is -0.142. The Morgan fingerprint density at radius 1 is 1.44 bits per heavy atom. The average Bonchev–Trinajstić information content (AvgIpc) is 2.39. The Morgan fingerprint density at radius 3 is 2.83 bits per heavy atom. The summed E-state index contributed by atoms with van der Waals surface area (Å²) in [4.78, 5) is 13.9. The van der Waals surface area contributed by atoms with Crippen LogP contribution in [0.15, 0.2) is 24.3 Å². The molecule has 2 rings (SSSR count). The van der Waals surface area contributed by atoms with Crippen molar-refractivity contribution in [3.8, 4) is 5.75 Å². The van der Waals surface area contributed by atoms with Crippen LogP contribution in [-0.2, 0) is 9.53 Å². The average molecular weight is 270 g/mol. The second-order valence-corrected chi connectivity index (χ2v) is 4.59. The molecule has 0 aromatic heterocycles. The largest absolute Gasteiger partial charge is 0.481 e. The summed E-state index contributed by atoms with van der Waals surface area (Å²) in [5.74, 6) is 0.592. The quantitative estimate of drug-likeness (QED) is 0.842. The van der Waals surface area contributed by atoms with Crippen LogP contribution < -0.4 is 4.74 Å². The van der Waals surface area contributed by atoms with Gasteiger partial charge in [-0.05, 0) is 25.1 Å². The summed E-state index contributed by atoms with van der Waals surface area (Å²) >= 11 is 5.86. The van der Waals surface area contributed by atoms with Gasteiger partial charge >= 0.3 is 0 Å². The zero-order valence-electron chi connectivity index (χ0n) is 10.3. The highest BCUT2D eigenvalue weighted by Crippen LogP contribution is 2.19. The van der Waals surface area contributed by atoms with Gasteiger partial charge in [0.15, 0.2) is 6.10 Å². The highest BCUT2D eigenvalue weighted by Gasteiger charge is 2.23. The zero-order chi connectivity index (χ0) is 13.0. The van der Waals surface area contributed by atoms with E-state index < -0.39 is 6.10 Å². The maximum atomic E-state index is 12.1. The normalized spacial score (nSPS) is 17.3. The molecule has 18 heavy (non-hydrogen) atoms. The third-order valence-electron chi connectivity index (χ3n) is 2.78. The van der Waals surface area contributed by atoms with Crippen LogP contribution in [-0.4, -0.2) is 43.2 Å². The molecule has 0 saturated carbocycles. The number of carbonyl (C=O) groups excluding carboxylic acids is 1. The summed E-state index contributed by atoms with van der Waals surface area (Å²) in [7, 11) is 0. The third-order valence-corrected chi connectivity index (χ3v) is 3.01. The van der Waals surface area contributed by atoms with Gasteiger partial charge < -0.3 is 14.4 Å². The van der Waals surface area contributed by atoms with Gasteiger partial charge in [-0.25, -0.2) is 0 Å². The molecule has 1 aliphatic rings. The lowest BCUT2D eigenvalue weighted by Gasteiger charge is -2.29. The minimum absolute atomic E-state index is 0.0155. The molecule has 0 N–H and O–H groups in total. The van der Waals surface area contributed by atoms with Gasteiger partial charge in [0, 0.05) is 18.1 Å². The summed E-state index contributed by atoms with van der Waals surface area (Å²) in [6.45, 7) is 4.19. The molecule has 1 atom stereocenters. The highest BCUT2D eigenvalue weighted by molar-refractivity contribution is 6.30. The second kappa shape index (κ2) is 6.07. The second-order valence-electron chi connectivity index (χ2n) is 4.16. The SMILES string of the molecule is C[C@@H](Oc1cccc(Cl)c1)C(=O)N1CCOCC1. The molecule has 4 nitrogen and oxygen atoms in total. The van der Waals surface area contributed by atoms with Gasteiger partial charge in [-0.1, -0.05) is 17.7 Å². The van der Waals surface area contributed by atoms with Gasteiger partial charge in [-0.2, -0.15) is 0 Å². The summed E-state index contributed by atoms with van der Waals surface area (Å²) in [5.41, 5.74) is 0. The molecule has 1 aromatic carbocycles. The number of nitrogens with zero attached hydrogens (tertiary/aromatic N) is 1. The lowest BCUT2D eigenvalue weighted by Crippen LogP contribution is -2.46. The van der Waals surface area contributed by atoms with Crippen LogP contribution in [0.3, 0.4) is 0 Å². The molecule has 1 aliphatic heterocycles. The number of ether oxygens (including phenoxy) is 2. The molecular weight excluding hydrogens is 254 g/mol. The Bertz CT molecular complexity index is 418. The van der Waals surface area contributed by atoms with Crippen LogP contribution >= 0.6 is 11.6 Å². The molecule has 0 unspecified atom stereocenters. The lowest BCUT2D eigenvalue weighted by atomic mass is 10.3. The summed E-state index contributed by atoms with van der Waals surface area (Å²) in [6.07, 6.45) is -0.512. The highest BCUT2D eigenvalue weighted by atomic mass is 35.5. The first-order valence-corrected chi connectivity index (χ1v) is 6.33. The minimum atomic E-state index is -0.512. The molecule has 0 spiro atoms. The molecule has 0 bridgehead atoms. The smallest absolute Gasteiger partial charge is 0.263 e. The molecule has 0 radical (unpaired) electrons.